The van der Waals surface area contributed by atoms with E-state index in [4.69, 9.17) is 4.74 Å². The molecule has 0 aliphatic carbocycles. The van der Waals surface area contributed by atoms with Crippen LogP contribution in [0.3, 0.4) is 0 Å². The minimum Gasteiger partial charge on any atom is -0.378 e. The summed E-state index contributed by atoms with van der Waals surface area (Å²) < 4.78 is 5.47. The highest BCUT2D eigenvalue weighted by molar-refractivity contribution is 6.07. The van der Waals surface area contributed by atoms with E-state index in [1.54, 1.807) is 30.3 Å². The molecule has 6 nitrogen and oxygen atoms in total. The van der Waals surface area contributed by atoms with Gasteiger partial charge in [0.15, 0.2) is 0 Å². The first-order valence-corrected chi connectivity index (χ1v) is 9.90. The van der Waals surface area contributed by atoms with Crippen LogP contribution in [0.5, 0.6) is 0 Å². The molecule has 6 heteroatoms. The molecule has 152 valence electrons. The summed E-state index contributed by atoms with van der Waals surface area (Å²) in [6, 6.07) is 23.7. The van der Waals surface area contributed by atoms with Crippen molar-refractivity contribution < 1.29 is 14.3 Å². The van der Waals surface area contributed by atoms with E-state index in [2.05, 4.69) is 15.5 Å². The van der Waals surface area contributed by atoms with Gasteiger partial charge in [0.2, 0.25) is 0 Å². The second-order valence-electron chi connectivity index (χ2n) is 6.97. The Morgan fingerprint density at radius 2 is 1.30 bits per heavy atom. The maximum absolute atomic E-state index is 12.7. The number of amides is 2. The lowest BCUT2D eigenvalue weighted by Gasteiger charge is -2.31. The van der Waals surface area contributed by atoms with E-state index in [1.807, 2.05) is 48.5 Å². The van der Waals surface area contributed by atoms with Gasteiger partial charge in [-0.3, -0.25) is 9.59 Å². The van der Waals surface area contributed by atoms with E-state index in [9.17, 15) is 9.59 Å². The predicted octanol–water partition coefficient (Wildman–Crippen LogP) is 4.03. The molecule has 1 saturated heterocycles. The highest BCUT2D eigenvalue weighted by atomic mass is 16.5. The van der Waals surface area contributed by atoms with Crippen molar-refractivity contribution in [2.75, 3.05) is 41.8 Å². The van der Waals surface area contributed by atoms with Crippen molar-refractivity contribution in [2.45, 2.75) is 0 Å². The van der Waals surface area contributed by atoms with Gasteiger partial charge in [0.1, 0.15) is 0 Å². The van der Waals surface area contributed by atoms with Crippen molar-refractivity contribution >= 4 is 28.9 Å². The molecule has 1 aliphatic rings. The first-order chi connectivity index (χ1) is 14.7. The maximum Gasteiger partial charge on any atom is 0.255 e. The normalized spacial score (nSPS) is 13.5. The molecule has 0 unspecified atom stereocenters. The zero-order chi connectivity index (χ0) is 20.8. The van der Waals surface area contributed by atoms with Gasteiger partial charge in [0.05, 0.1) is 24.6 Å². The lowest BCUT2D eigenvalue weighted by Crippen LogP contribution is -2.36. The minimum absolute atomic E-state index is 0.175. The quantitative estimate of drug-likeness (QED) is 0.677. The topological polar surface area (TPSA) is 70.7 Å². The molecule has 0 atom stereocenters. The summed E-state index contributed by atoms with van der Waals surface area (Å²) in [4.78, 5) is 27.4. The molecule has 1 aliphatic heterocycles. The van der Waals surface area contributed by atoms with Crippen molar-refractivity contribution in [3.63, 3.8) is 0 Å². The molecule has 2 amide bonds. The number of nitrogens with zero attached hydrogens (tertiary/aromatic N) is 1. The Balaban J connectivity index is 1.59. The Morgan fingerprint density at radius 3 is 1.90 bits per heavy atom. The van der Waals surface area contributed by atoms with Crippen molar-refractivity contribution in [2.24, 2.45) is 0 Å². The summed E-state index contributed by atoms with van der Waals surface area (Å²) >= 11 is 0. The van der Waals surface area contributed by atoms with Crippen LogP contribution in [0.4, 0.5) is 17.1 Å². The van der Waals surface area contributed by atoms with Crippen LogP contribution < -0.4 is 15.5 Å². The molecule has 30 heavy (non-hydrogen) atoms. The number of hydrogen-bond donors (Lipinski definition) is 2. The zero-order valence-corrected chi connectivity index (χ0v) is 16.5. The van der Waals surface area contributed by atoms with Gasteiger partial charge in [-0.05, 0) is 42.5 Å². The third kappa shape index (κ3) is 4.67. The molecule has 1 fully saturated rings. The van der Waals surface area contributed by atoms with Crippen molar-refractivity contribution in [1.29, 1.82) is 0 Å². The summed E-state index contributed by atoms with van der Waals surface area (Å²) in [5.41, 5.74) is 3.40. The second kappa shape index (κ2) is 9.24. The summed E-state index contributed by atoms with van der Waals surface area (Å²) in [6.07, 6.45) is 0. The summed E-state index contributed by atoms with van der Waals surface area (Å²) in [6.45, 7) is 2.66. The number of carbonyl (C=O) groups is 2. The van der Waals surface area contributed by atoms with Crippen LogP contribution in [0.2, 0.25) is 0 Å². The fourth-order valence-electron chi connectivity index (χ4n) is 3.36. The minimum atomic E-state index is -0.176. The van der Waals surface area contributed by atoms with E-state index >= 15 is 0 Å². The average molecular weight is 401 g/mol. The van der Waals surface area contributed by atoms with Gasteiger partial charge in [0, 0.05) is 29.9 Å². The number of ether oxygens (including phenoxy) is 1. The number of benzene rings is 3. The van der Waals surface area contributed by atoms with Crippen LogP contribution in [-0.2, 0) is 4.74 Å². The Kier molecular flexibility index (Phi) is 6.06. The third-order valence-electron chi connectivity index (χ3n) is 4.93. The number of carbonyl (C=O) groups excluding carboxylic acids is 2. The van der Waals surface area contributed by atoms with Crippen molar-refractivity contribution in [3.8, 4) is 0 Å². The highest BCUT2D eigenvalue weighted by Gasteiger charge is 2.18. The molecule has 0 aromatic heterocycles. The van der Waals surface area contributed by atoms with Gasteiger partial charge < -0.3 is 20.3 Å². The van der Waals surface area contributed by atoms with Crippen LogP contribution >= 0.6 is 0 Å². The predicted molar refractivity (Wildman–Crippen MR) is 118 cm³/mol. The monoisotopic (exact) mass is 401 g/mol. The first-order valence-electron chi connectivity index (χ1n) is 9.90. The fourth-order valence-corrected chi connectivity index (χ4v) is 3.36. The lowest BCUT2D eigenvalue weighted by atomic mass is 10.1. The Bertz CT molecular complexity index is 1020. The van der Waals surface area contributed by atoms with Crippen LogP contribution in [0.1, 0.15) is 20.7 Å². The largest absolute Gasteiger partial charge is 0.378 e. The molecule has 0 bridgehead atoms. The van der Waals surface area contributed by atoms with Crippen LogP contribution in [-0.4, -0.2) is 38.1 Å². The van der Waals surface area contributed by atoms with E-state index in [0.717, 1.165) is 5.69 Å². The fraction of sp³-hybridized carbons (Fsp3) is 0.167. The SMILES string of the molecule is O=C(Nc1ccc(NC(=O)c2ccccc2)c(N2CCOCC2)c1)c1ccccc1. The molecule has 3 aromatic carbocycles. The molecule has 1 heterocycles. The molecule has 0 saturated carbocycles. The standard InChI is InChI=1S/C24H23N3O3/c28-23(18-7-3-1-4-8-18)25-20-11-12-21(22(17-20)27-13-15-30-16-14-27)26-24(29)19-9-5-2-6-10-19/h1-12,17H,13-16H2,(H,25,28)(H,26,29). The van der Waals surface area contributed by atoms with Gasteiger partial charge in [-0.2, -0.15) is 0 Å². The number of hydrogen-bond acceptors (Lipinski definition) is 4. The number of nitrogens with one attached hydrogen (secondary N) is 2. The second-order valence-corrected chi connectivity index (χ2v) is 6.97. The number of rotatable bonds is 5. The first kappa shape index (κ1) is 19.7. The number of anilines is 3. The molecule has 3 aromatic rings. The molecular weight excluding hydrogens is 378 g/mol. The lowest BCUT2D eigenvalue weighted by molar-refractivity contribution is 0.101. The molecule has 0 spiro atoms. The Morgan fingerprint density at radius 1 is 0.733 bits per heavy atom. The van der Waals surface area contributed by atoms with Gasteiger partial charge in [-0.1, -0.05) is 36.4 Å². The molecule has 0 radical (unpaired) electrons. The summed E-state index contributed by atoms with van der Waals surface area (Å²) in [5, 5.41) is 5.94. The van der Waals surface area contributed by atoms with E-state index in [-0.39, 0.29) is 11.8 Å². The van der Waals surface area contributed by atoms with Crippen LogP contribution in [0.25, 0.3) is 0 Å². The third-order valence-corrected chi connectivity index (χ3v) is 4.93. The van der Waals surface area contributed by atoms with Crippen molar-refractivity contribution in [3.05, 3.63) is 90.0 Å². The molecule has 4 rings (SSSR count). The van der Waals surface area contributed by atoms with Gasteiger partial charge >= 0.3 is 0 Å². The van der Waals surface area contributed by atoms with Gasteiger partial charge in [-0.25, -0.2) is 0 Å². The van der Waals surface area contributed by atoms with E-state index in [0.29, 0.717) is 48.8 Å². The van der Waals surface area contributed by atoms with Crippen LogP contribution in [0.15, 0.2) is 78.9 Å². The number of morpholine rings is 1. The van der Waals surface area contributed by atoms with Crippen LogP contribution in [0, 0.1) is 0 Å². The summed E-state index contributed by atoms with van der Waals surface area (Å²) in [7, 11) is 0. The van der Waals surface area contributed by atoms with Gasteiger partial charge in [-0.15, -0.1) is 0 Å². The van der Waals surface area contributed by atoms with E-state index in [1.165, 1.54) is 0 Å². The molecule has 2 N–H and O–H groups in total. The van der Waals surface area contributed by atoms with E-state index < -0.39 is 0 Å². The smallest absolute Gasteiger partial charge is 0.255 e. The maximum atomic E-state index is 12.7. The highest BCUT2D eigenvalue weighted by Crippen LogP contribution is 2.31. The molecular formula is C24H23N3O3. The Labute approximate surface area is 175 Å². The average Bonchev–Trinajstić information content (AvgIpc) is 2.81. The zero-order valence-electron chi connectivity index (χ0n) is 16.5. The Hall–Kier alpha value is -3.64. The summed E-state index contributed by atoms with van der Waals surface area (Å²) in [5.74, 6) is -0.351. The van der Waals surface area contributed by atoms with Crippen molar-refractivity contribution in [1.82, 2.24) is 0 Å². The van der Waals surface area contributed by atoms with Gasteiger partial charge in [0.25, 0.3) is 11.8 Å².